The van der Waals surface area contributed by atoms with Crippen LogP contribution in [0.4, 0.5) is 0 Å². The minimum atomic E-state index is -1.20. The summed E-state index contributed by atoms with van der Waals surface area (Å²) in [6, 6.07) is 2.04. The Bertz CT molecular complexity index is 312. The molecule has 82 valence electrons. The molecule has 0 bridgehead atoms. The molecule has 3 nitrogen and oxygen atoms in total. The Balaban J connectivity index is 5.26. The van der Waals surface area contributed by atoms with Crippen LogP contribution >= 0.6 is 0 Å². The number of allylic oxidation sites excluding steroid dienone is 2. The van der Waals surface area contributed by atoms with E-state index in [1.54, 1.807) is 32.9 Å². The molecule has 0 N–H and O–H groups in total. The van der Waals surface area contributed by atoms with Crippen LogP contribution < -0.4 is 0 Å². The van der Waals surface area contributed by atoms with Crippen molar-refractivity contribution in [2.24, 2.45) is 5.41 Å². The number of hydrogen-bond donors (Lipinski definition) is 0. The van der Waals surface area contributed by atoms with Crippen LogP contribution in [0, 0.1) is 16.7 Å². The van der Waals surface area contributed by atoms with Crippen LogP contribution in [0.3, 0.4) is 0 Å². The van der Waals surface area contributed by atoms with Gasteiger partial charge in [0.1, 0.15) is 0 Å². The zero-order valence-corrected chi connectivity index (χ0v) is 9.54. The molecule has 0 heterocycles. The maximum absolute atomic E-state index is 11.8. The van der Waals surface area contributed by atoms with Crippen molar-refractivity contribution < 1.29 is 9.53 Å². The van der Waals surface area contributed by atoms with Crippen molar-refractivity contribution in [1.29, 1.82) is 5.26 Å². The minimum Gasteiger partial charge on any atom is -0.465 e. The predicted octanol–water partition coefficient (Wildman–Crippen LogP) is 2.60. The lowest BCUT2D eigenvalue weighted by Crippen LogP contribution is -2.32. The van der Waals surface area contributed by atoms with Gasteiger partial charge in [-0.3, -0.25) is 0 Å². The van der Waals surface area contributed by atoms with Gasteiger partial charge in [0.2, 0.25) is 0 Å². The summed E-state index contributed by atoms with van der Waals surface area (Å²) in [7, 11) is 0. The van der Waals surface area contributed by atoms with Crippen molar-refractivity contribution in [3.8, 4) is 6.07 Å². The summed E-state index contributed by atoms with van der Waals surface area (Å²) in [5.74, 6) is -0.497. The Kier molecular flexibility index (Phi) is 5.40. The molecule has 0 aliphatic rings. The van der Waals surface area contributed by atoms with Gasteiger partial charge in [0.25, 0.3) is 0 Å². The molecule has 0 aromatic heterocycles. The lowest BCUT2D eigenvalue weighted by molar-refractivity contribution is -0.149. The Morgan fingerprint density at radius 3 is 2.60 bits per heavy atom. The molecular formula is C12H17NO2. The van der Waals surface area contributed by atoms with Crippen LogP contribution in [0.15, 0.2) is 24.3 Å². The van der Waals surface area contributed by atoms with Gasteiger partial charge in [-0.1, -0.05) is 12.2 Å². The van der Waals surface area contributed by atoms with Crippen LogP contribution in [0.1, 0.15) is 27.2 Å². The van der Waals surface area contributed by atoms with Gasteiger partial charge in [-0.25, -0.2) is 4.79 Å². The summed E-state index contributed by atoms with van der Waals surface area (Å²) in [6.07, 6.45) is 3.59. The van der Waals surface area contributed by atoms with Gasteiger partial charge >= 0.3 is 5.97 Å². The van der Waals surface area contributed by atoms with Crippen molar-refractivity contribution >= 4 is 5.97 Å². The van der Waals surface area contributed by atoms with E-state index in [0.29, 0.717) is 5.57 Å². The second-order valence-corrected chi connectivity index (χ2v) is 3.20. The fourth-order valence-corrected chi connectivity index (χ4v) is 1.30. The standard InChI is InChI=1S/C12H17NO2/c1-5-8-12(9-13,10(4)6-2)11(14)15-7-3/h5-6H,1,7-8H2,2-4H3/b10-6+/t12-/m0/s1. The second-order valence-electron chi connectivity index (χ2n) is 3.20. The number of rotatable bonds is 5. The van der Waals surface area contributed by atoms with Crippen LogP contribution in [0.2, 0.25) is 0 Å². The highest BCUT2D eigenvalue weighted by Crippen LogP contribution is 2.32. The van der Waals surface area contributed by atoms with Crippen molar-refractivity contribution in [1.82, 2.24) is 0 Å². The molecule has 0 radical (unpaired) electrons. The molecule has 0 saturated heterocycles. The number of nitriles is 1. The molecule has 3 heteroatoms. The molecule has 0 aromatic rings. The van der Waals surface area contributed by atoms with E-state index in [0.717, 1.165) is 0 Å². The smallest absolute Gasteiger partial charge is 0.331 e. The van der Waals surface area contributed by atoms with Gasteiger partial charge < -0.3 is 4.74 Å². The third-order valence-corrected chi connectivity index (χ3v) is 2.37. The molecule has 0 saturated carbocycles. The Hall–Kier alpha value is -1.56. The summed E-state index contributed by atoms with van der Waals surface area (Å²) in [4.78, 5) is 11.8. The van der Waals surface area contributed by atoms with E-state index in [4.69, 9.17) is 10.00 Å². The fourth-order valence-electron chi connectivity index (χ4n) is 1.30. The zero-order valence-electron chi connectivity index (χ0n) is 9.54. The average Bonchev–Trinajstić information content (AvgIpc) is 2.25. The highest BCUT2D eigenvalue weighted by Gasteiger charge is 2.40. The van der Waals surface area contributed by atoms with Crippen LogP contribution in [0.25, 0.3) is 0 Å². The molecule has 0 aromatic carbocycles. The van der Waals surface area contributed by atoms with E-state index >= 15 is 0 Å². The maximum Gasteiger partial charge on any atom is 0.331 e. The number of ether oxygens (including phenoxy) is 1. The van der Waals surface area contributed by atoms with Gasteiger partial charge in [-0.15, -0.1) is 6.58 Å². The SMILES string of the molecule is C=CC[C@@](C#N)(C(=O)OCC)/C(C)=C/C. The summed E-state index contributed by atoms with van der Waals surface area (Å²) in [5.41, 5.74) is -0.504. The number of carbonyl (C=O) groups is 1. The Labute approximate surface area is 91.0 Å². The van der Waals surface area contributed by atoms with E-state index in [2.05, 4.69) is 6.58 Å². The summed E-state index contributed by atoms with van der Waals surface area (Å²) in [5, 5.41) is 9.17. The number of carbonyl (C=O) groups excluding carboxylic acids is 1. The first-order valence-corrected chi connectivity index (χ1v) is 4.91. The van der Waals surface area contributed by atoms with Crippen LogP contribution in [0.5, 0.6) is 0 Å². The molecule has 1 atom stereocenters. The van der Waals surface area contributed by atoms with Gasteiger partial charge in [-0.2, -0.15) is 5.26 Å². The monoisotopic (exact) mass is 207 g/mol. The molecule has 0 unspecified atom stereocenters. The van der Waals surface area contributed by atoms with Crippen LogP contribution in [-0.4, -0.2) is 12.6 Å². The highest BCUT2D eigenvalue weighted by molar-refractivity contribution is 5.84. The number of esters is 1. The van der Waals surface area contributed by atoms with Crippen molar-refractivity contribution in [2.45, 2.75) is 27.2 Å². The zero-order chi connectivity index (χ0) is 11.9. The Morgan fingerprint density at radius 1 is 1.67 bits per heavy atom. The first kappa shape index (κ1) is 13.4. The summed E-state index contributed by atoms with van der Waals surface area (Å²) < 4.78 is 4.92. The van der Waals surface area contributed by atoms with Gasteiger partial charge in [0, 0.05) is 0 Å². The summed E-state index contributed by atoms with van der Waals surface area (Å²) >= 11 is 0. The van der Waals surface area contributed by atoms with E-state index < -0.39 is 11.4 Å². The van der Waals surface area contributed by atoms with Gasteiger partial charge in [0.15, 0.2) is 5.41 Å². The Morgan fingerprint density at radius 2 is 2.27 bits per heavy atom. The average molecular weight is 207 g/mol. The minimum absolute atomic E-state index is 0.274. The van der Waals surface area contributed by atoms with Gasteiger partial charge in [0.05, 0.1) is 12.7 Å². The number of hydrogen-bond acceptors (Lipinski definition) is 3. The van der Waals surface area contributed by atoms with E-state index in [1.807, 2.05) is 6.07 Å². The molecule has 0 aliphatic carbocycles. The molecule has 0 amide bonds. The normalized spacial score (nSPS) is 14.9. The molecule has 0 fully saturated rings. The maximum atomic E-state index is 11.8. The highest BCUT2D eigenvalue weighted by atomic mass is 16.5. The van der Waals surface area contributed by atoms with Crippen LogP contribution in [-0.2, 0) is 9.53 Å². The number of nitrogens with zero attached hydrogens (tertiary/aromatic N) is 1. The predicted molar refractivity (Wildman–Crippen MR) is 58.9 cm³/mol. The van der Waals surface area contributed by atoms with Crippen molar-refractivity contribution in [3.63, 3.8) is 0 Å². The first-order valence-electron chi connectivity index (χ1n) is 4.91. The van der Waals surface area contributed by atoms with E-state index in [1.165, 1.54) is 0 Å². The fraction of sp³-hybridized carbons (Fsp3) is 0.500. The molecule has 0 rings (SSSR count). The second kappa shape index (κ2) is 6.02. The van der Waals surface area contributed by atoms with E-state index in [9.17, 15) is 4.79 Å². The van der Waals surface area contributed by atoms with Crippen molar-refractivity contribution in [2.75, 3.05) is 6.61 Å². The first-order chi connectivity index (χ1) is 7.08. The molecule has 0 spiro atoms. The summed E-state index contributed by atoms with van der Waals surface area (Å²) in [6.45, 7) is 9.11. The topological polar surface area (TPSA) is 50.1 Å². The molecule has 0 aliphatic heterocycles. The molecular weight excluding hydrogens is 190 g/mol. The lowest BCUT2D eigenvalue weighted by atomic mass is 9.79. The van der Waals surface area contributed by atoms with Crippen molar-refractivity contribution in [3.05, 3.63) is 24.3 Å². The third kappa shape index (κ3) is 2.69. The lowest BCUT2D eigenvalue weighted by Gasteiger charge is -2.23. The largest absolute Gasteiger partial charge is 0.465 e. The van der Waals surface area contributed by atoms with E-state index in [-0.39, 0.29) is 13.0 Å². The third-order valence-electron chi connectivity index (χ3n) is 2.37. The van der Waals surface area contributed by atoms with Gasteiger partial charge in [-0.05, 0) is 32.8 Å². The molecule has 15 heavy (non-hydrogen) atoms. The quantitative estimate of drug-likeness (QED) is 0.514.